The van der Waals surface area contributed by atoms with Crippen LogP contribution in [0.3, 0.4) is 0 Å². The van der Waals surface area contributed by atoms with Crippen molar-refractivity contribution in [2.75, 3.05) is 0 Å². The summed E-state index contributed by atoms with van der Waals surface area (Å²) in [6.07, 6.45) is 0. The number of aromatic nitrogens is 3. The van der Waals surface area contributed by atoms with Gasteiger partial charge in [0.2, 0.25) is 5.91 Å². The fourth-order valence-corrected chi connectivity index (χ4v) is 1.37. The highest BCUT2D eigenvalue weighted by atomic mass is 79.9. The molecule has 1 heterocycles. The van der Waals surface area contributed by atoms with Gasteiger partial charge in [0.25, 0.3) is 5.56 Å². The molecule has 1 unspecified atom stereocenters. The molecule has 0 aliphatic heterocycles. The molecule has 1 rings (SSSR count). The standard InChI is InChI=1S/C7H9BrN4O3/c1-3(5(9)13)12-7(15)11(2)6(14)4(8)10-12/h3H,1-2H3,(H2,9,13). The molecule has 1 aromatic rings. The molecule has 2 N–H and O–H groups in total. The van der Waals surface area contributed by atoms with Gasteiger partial charge in [-0.3, -0.25) is 14.2 Å². The van der Waals surface area contributed by atoms with Crippen molar-refractivity contribution in [1.82, 2.24) is 14.3 Å². The van der Waals surface area contributed by atoms with Crippen molar-refractivity contribution in [1.29, 1.82) is 0 Å². The Morgan fingerprint density at radius 2 is 2.07 bits per heavy atom. The maximum atomic E-state index is 11.5. The van der Waals surface area contributed by atoms with E-state index in [4.69, 9.17) is 5.73 Å². The molecule has 0 aliphatic carbocycles. The SMILES string of the molecule is CC(C(N)=O)n1nc(Br)c(=O)n(C)c1=O. The van der Waals surface area contributed by atoms with Gasteiger partial charge >= 0.3 is 5.69 Å². The van der Waals surface area contributed by atoms with Gasteiger partial charge in [-0.05, 0) is 22.9 Å². The molecule has 82 valence electrons. The van der Waals surface area contributed by atoms with Gasteiger partial charge in [0.05, 0.1) is 0 Å². The number of carbonyl (C=O) groups excluding carboxylic acids is 1. The zero-order valence-electron chi connectivity index (χ0n) is 8.10. The molecule has 1 amide bonds. The Bertz CT molecular complexity index is 518. The van der Waals surface area contributed by atoms with Crippen LogP contribution < -0.4 is 17.0 Å². The van der Waals surface area contributed by atoms with E-state index in [0.29, 0.717) is 0 Å². The van der Waals surface area contributed by atoms with E-state index in [0.717, 1.165) is 9.25 Å². The molecule has 0 fully saturated rings. The normalized spacial score (nSPS) is 12.5. The van der Waals surface area contributed by atoms with E-state index in [1.54, 1.807) is 0 Å². The second-order valence-electron chi connectivity index (χ2n) is 2.96. The molecular formula is C7H9BrN4O3. The molecule has 0 radical (unpaired) electrons. The minimum Gasteiger partial charge on any atom is -0.368 e. The van der Waals surface area contributed by atoms with E-state index in [9.17, 15) is 14.4 Å². The summed E-state index contributed by atoms with van der Waals surface area (Å²) in [5, 5.41) is 3.64. The van der Waals surface area contributed by atoms with Gasteiger partial charge in [-0.2, -0.15) is 5.10 Å². The van der Waals surface area contributed by atoms with Crippen LogP contribution in [0.1, 0.15) is 13.0 Å². The number of halogens is 1. The van der Waals surface area contributed by atoms with Crippen molar-refractivity contribution in [3.8, 4) is 0 Å². The highest BCUT2D eigenvalue weighted by Gasteiger charge is 2.17. The van der Waals surface area contributed by atoms with E-state index in [-0.39, 0.29) is 4.60 Å². The first kappa shape index (κ1) is 11.6. The molecule has 1 atom stereocenters. The van der Waals surface area contributed by atoms with Gasteiger partial charge in [-0.25, -0.2) is 9.48 Å². The third-order valence-electron chi connectivity index (χ3n) is 1.94. The highest BCUT2D eigenvalue weighted by molar-refractivity contribution is 9.10. The average Bonchev–Trinajstić information content (AvgIpc) is 2.19. The molecule has 0 aromatic carbocycles. The topological polar surface area (TPSA) is 100.0 Å². The third-order valence-corrected chi connectivity index (χ3v) is 2.44. The third kappa shape index (κ3) is 1.99. The molecule has 8 heteroatoms. The van der Waals surface area contributed by atoms with Crippen LogP contribution in [0.15, 0.2) is 14.2 Å². The van der Waals surface area contributed by atoms with Crippen LogP contribution in [0.25, 0.3) is 0 Å². The number of nitrogens with zero attached hydrogens (tertiary/aromatic N) is 3. The molecule has 0 saturated heterocycles. The quantitative estimate of drug-likeness (QED) is 0.730. The van der Waals surface area contributed by atoms with Crippen molar-refractivity contribution >= 4 is 21.8 Å². The zero-order valence-corrected chi connectivity index (χ0v) is 9.69. The summed E-state index contributed by atoms with van der Waals surface area (Å²) in [6, 6.07) is -0.902. The van der Waals surface area contributed by atoms with Gasteiger partial charge in [-0.15, -0.1) is 0 Å². The number of nitrogens with two attached hydrogens (primary N) is 1. The minimum atomic E-state index is -0.902. The number of carbonyl (C=O) groups is 1. The number of rotatable bonds is 2. The van der Waals surface area contributed by atoms with Crippen LogP contribution in [0, 0.1) is 0 Å². The summed E-state index contributed by atoms with van der Waals surface area (Å²) in [7, 11) is 1.29. The Balaban J connectivity index is 3.53. The molecule has 0 bridgehead atoms. The molecular weight excluding hydrogens is 268 g/mol. The minimum absolute atomic E-state index is 0.0438. The molecule has 0 spiro atoms. The van der Waals surface area contributed by atoms with Crippen LogP contribution >= 0.6 is 15.9 Å². The molecule has 7 nitrogen and oxygen atoms in total. The van der Waals surface area contributed by atoms with Crippen molar-refractivity contribution in [2.24, 2.45) is 12.8 Å². The second kappa shape index (κ2) is 3.97. The lowest BCUT2D eigenvalue weighted by atomic mass is 10.3. The number of primary amides is 1. The van der Waals surface area contributed by atoms with Gasteiger partial charge in [-0.1, -0.05) is 0 Å². The van der Waals surface area contributed by atoms with Crippen LogP contribution in [0.2, 0.25) is 0 Å². The fraction of sp³-hybridized carbons (Fsp3) is 0.429. The molecule has 0 saturated carbocycles. The van der Waals surface area contributed by atoms with E-state index >= 15 is 0 Å². The van der Waals surface area contributed by atoms with Crippen LogP contribution in [0.4, 0.5) is 0 Å². The molecule has 15 heavy (non-hydrogen) atoms. The Morgan fingerprint density at radius 1 is 1.53 bits per heavy atom. The lowest BCUT2D eigenvalue weighted by molar-refractivity contribution is -0.121. The Labute approximate surface area is 92.6 Å². The predicted octanol–water partition coefficient (Wildman–Crippen LogP) is -1.25. The molecule has 1 aromatic heterocycles. The van der Waals surface area contributed by atoms with Crippen LogP contribution in [-0.4, -0.2) is 20.3 Å². The monoisotopic (exact) mass is 276 g/mol. The first-order valence-corrected chi connectivity index (χ1v) is 4.80. The van der Waals surface area contributed by atoms with Gasteiger partial charge < -0.3 is 5.73 Å². The Kier molecular flexibility index (Phi) is 3.08. The average molecular weight is 277 g/mol. The van der Waals surface area contributed by atoms with Gasteiger partial charge in [0.1, 0.15) is 6.04 Å². The summed E-state index contributed by atoms with van der Waals surface area (Å²) >= 11 is 2.89. The highest BCUT2D eigenvalue weighted by Crippen LogP contribution is 2.00. The van der Waals surface area contributed by atoms with Crippen molar-refractivity contribution in [3.05, 3.63) is 25.4 Å². The van der Waals surface area contributed by atoms with E-state index < -0.39 is 23.2 Å². The first-order valence-electron chi connectivity index (χ1n) is 4.01. The zero-order chi connectivity index (χ0) is 11.7. The van der Waals surface area contributed by atoms with E-state index in [1.807, 2.05) is 0 Å². The lowest BCUT2D eigenvalue weighted by Crippen LogP contribution is -2.43. The second-order valence-corrected chi connectivity index (χ2v) is 3.71. The number of hydrogen-bond acceptors (Lipinski definition) is 4. The van der Waals surface area contributed by atoms with E-state index in [1.165, 1.54) is 14.0 Å². The van der Waals surface area contributed by atoms with E-state index in [2.05, 4.69) is 21.0 Å². The summed E-state index contributed by atoms with van der Waals surface area (Å²) in [4.78, 5) is 33.7. The van der Waals surface area contributed by atoms with Crippen molar-refractivity contribution in [3.63, 3.8) is 0 Å². The van der Waals surface area contributed by atoms with Gasteiger partial charge in [0, 0.05) is 7.05 Å². The van der Waals surface area contributed by atoms with Crippen molar-refractivity contribution < 1.29 is 4.79 Å². The summed E-state index contributed by atoms with van der Waals surface area (Å²) < 4.78 is 1.65. The Hall–Kier alpha value is -1.44. The number of amides is 1. The lowest BCUT2D eigenvalue weighted by Gasteiger charge is -2.10. The predicted molar refractivity (Wildman–Crippen MR) is 55.3 cm³/mol. The largest absolute Gasteiger partial charge is 0.368 e. The summed E-state index contributed by atoms with van der Waals surface area (Å²) in [5.41, 5.74) is 3.79. The van der Waals surface area contributed by atoms with Crippen LogP contribution in [-0.2, 0) is 11.8 Å². The molecule has 0 aliphatic rings. The first-order chi connectivity index (χ1) is 6.86. The smallest absolute Gasteiger partial charge is 0.347 e. The van der Waals surface area contributed by atoms with Crippen LogP contribution in [0.5, 0.6) is 0 Å². The number of hydrogen-bond donors (Lipinski definition) is 1. The maximum Gasteiger partial charge on any atom is 0.347 e. The van der Waals surface area contributed by atoms with Crippen molar-refractivity contribution in [2.45, 2.75) is 13.0 Å². The fourth-order valence-electron chi connectivity index (χ4n) is 0.932. The summed E-state index contributed by atoms with van der Waals surface area (Å²) in [6.45, 7) is 1.42. The Morgan fingerprint density at radius 3 is 2.53 bits per heavy atom. The summed E-state index contributed by atoms with van der Waals surface area (Å²) in [5.74, 6) is -0.699. The maximum absolute atomic E-state index is 11.5. The van der Waals surface area contributed by atoms with Gasteiger partial charge in [0.15, 0.2) is 4.60 Å².